The molecule has 0 bridgehead atoms. The number of nitrogens with zero attached hydrogens (tertiary/aromatic N) is 1. The van der Waals surface area contributed by atoms with Crippen molar-refractivity contribution in [3.05, 3.63) is 0 Å². The molecular formula is C13H25NO2. The number of hydrogen-bond donors (Lipinski definition) is 1. The van der Waals surface area contributed by atoms with E-state index in [2.05, 4.69) is 11.9 Å². The molecule has 3 unspecified atom stereocenters. The van der Waals surface area contributed by atoms with Crippen LogP contribution in [0.4, 0.5) is 0 Å². The number of ether oxygens (including phenoxy) is 1. The number of hydrogen-bond acceptors (Lipinski definition) is 3. The van der Waals surface area contributed by atoms with E-state index in [4.69, 9.17) is 4.74 Å². The van der Waals surface area contributed by atoms with E-state index >= 15 is 0 Å². The molecule has 94 valence electrons. The van der Waals surface area contributed by atoms with Gasteiger partial charge in [0.05, 0.1) is 12.2 Å². The zero-order chi connectivity index (χ0) is 11.4. The molecule has 2 aliphatic rings. The number of aliphatic hydroxyl groups excluding tert-OH is 1. The van der Waals surface area contributed by atoms with Crippen molar-refractivity contribution in [2.45, 2.75) is 63.2 Å². The summed E-state index contributed by atoms with van der Waals surface area (Å²) >= 11 is 0. The Morgan fingerprint density at radius 3 is 2.69 bits per heavy atom. The van der Waals surface area contributed by atoms with E-state index in [-0.39, 0.29) is 6.10 Å². The van der Waals surface area contributed by atoms with Gasteiger partial charge >= 0.3 is 0 Å². The largest absolute Gasteiger partial charge is 0.391 e. The van der Waals surface area contributed by atoms with Crippen LogP contribution in [0.3, 0.4) is 0 Å². The van der Waals surface area contributed by atoms with Gasteiger partial charge in [-0.2, -0.15) is 0 Å². The van der Waals surface area contributed by atoms with Crippen LogP contribution in [0.1, 0.15) is 44.9 Å². The van der Waals surface area contributed by atoms with Gasteiger partial charge in [-0.15, -0.1) is 0 Å². The average Bonchev–Trinajstić information content (AvgIpc) is 2.66. The molecule has 0 amide bonds. The summed E-state index contributed by atoms with van der Waals surface area (Å²) < 4.78 is 5.66. The lowest BCUT2D eigenvalue weighted by Gasteiger charge is -2.32. The van der Waals surface area contributed by atoms with Gasteiger partial charge in [0.15, 0.2) is 0 Å². The summed E-state index contributed by atoms with van der Waals surface area (Å²) in [5.41, 5.74) is 0. The van der Waals surface area contributed by atoms with Crippen LogP contribution in [0.2, 0.25) is 0 Å². The maximum atomic E-state index is 10.1. The first-order valence-electron chi connectivity index (χ1n) is 6.77. The molecule has 0 aromatic heterocycles. The van der Waals surface area contributed by atoms with Crippen LogP contribution in [-0.2, 0) is 4.74 Å². The molecule has 0 aromatic rings. The molecule has 0 aromatic carbocycles. The molecule has 16 heavy (non-hydrogen) atoms. The molecule has 1 N–H and O–H groups in total. The maximum Gasteiger partial charge on any atom is 0.0702 e. The zero-order valence-corrected chi connectivity index (χ0v) is 10.4. The van der Waals surface area contributed by atoms with Gasteiger partial charge in [-0.25, -0.2) is 0 Å². The molecule has 3 nitrogen and oxygen atoms in total. The quantitative estimate of drug-likeness (QED) is 0.746. The SMILES string of the molecule is CN(CC1CCCO1)C1CCCCCC1O. The predicted molar refractivity (Wildman–Crippen MR) is 64.5 cm³/mol. The van der Waals surface area contributed by atoms with E-state index in [0.29, 0.717) is 12.1 Å². The molecule has 0 spiro atoms. The third-order valence-corrected chi connectivity index (χ3v) is 4.03. The fourth-order valence-corrected chi connectivity index (χ4v) is 3.03. The van der Waals surface area contributed by atoms with E-state index < -0.39 is 0 Å². The summed E-state index contributed by atoms with van der Waals surface area (Å²) in [4.78, 5) is 2.33. The lowest BCUT2D eigenvalue weighted by molar-refractivity contribution is 0.0210. The molecule has 1 aliphatic heterocycles. The molecule has 1 heterocycles. The normalized spacial score (nSPS) is 36.6. The number of likely N-dealkylation sites (N-methyl/N-ethyl adjacent to an activating group) is 1. The molecule has 1 aliphatic carbocycles. The second-order valence-electron chi connectivity index (χ2n) is 5.35. The molecule has 2 rings (SSSR count). The summed E-state index contributed by atoms with van der Waals surface area (Å²) in [7, 11) is 2.14. The third-order valence-electron chi connectivity index (χ3n) is 4.03. The van der Waals surface area contributed by atoms with E-state index in [0.717, 1.165) is 26.0 Å². The van der Waals surface area contributed by atoms with Crippen LogP contribution < -0.4 is 0 Å². The second-order valence-corrected chi connectivity index (χ2v) is 5.35. The number of rotatable bonds is 3. The fraction of sp³-hybridized carbons (Fsp3) is 1.00. The predicted octanol–water partition coefficient (Wildman–Crippen LogP) is 1.79. The Kier molecular flexibility index (Phi) is 4.62. The van der Waals surface area contributed by atoms with Gasteiger partial charge in [0.2, 0.25) is 0 Å². The minimum Gasteiger partial charge on any atom is -0.391 e. The van der Waals surface area contributed by atoms with E-state index in [9.17, 15) is 5.11 Å². The summed E-state index contributed by atoms with van der Waals surface area (Å²) in [5.74, 6) is 0. The van der Waals surface area contributed by atoms with Crippen LogP contribution in [-0.4, -0.2) is 48.5 Å². The van der Waals surface area contributed by atoms with Crippen molar-refractivity contribution >= 4 is 0 Å². The van der Waals surface area contributed by atoms with Gasteiger partial charge in [0.25, 0.3) is 0 Å². The summed E-state index contributed by atoms with van der Waals surface area (Å²) in [6.45, 7) is 1.91. The Labute approximate surface area is 98.8 Å². The highest BCUT2D eigenvalue weighted by atomic mass is 16.5. The van der Waals surface area contributed by atoms with E-state index in [1.807, 2.05) is 0 Å². The molecule has 1 saturated heterocycles. The third kappa shape index (κ3) is 3.19. The van der Waals surface area contributed by atoms with Crippen LogP contribution in [0.25, 0.3) is 0 Å². The standard InChI is InChI=1S/C13H25NO2/c1-14(10-11-6-5-9-16-11)12-7-3-2-4-8-13(12)15/h11-13,15H,2-10H2,1H3. The van der Waals surface area contributed by atoms with Gasteiger partial charge in [-0.3, -0.25) is 4.90 Å². The van der Waals surface area contributed by atoms with Crippen molar-refractivity contribution in [3.8, 4) is 0 Å². The summed E-state index contributed by atoms with van der Waals surface area (Å²) in [5, 5.41) is 10.1. The lowest BCUT2D eigenvalue weighted by atomic mass is 10.0. The topological polar surface area (TPSA) is 32.7 Å². The van der Waals surface area contributed by atoms with Crippen molar-refractivity contribution in [1.82, 2.24) is 4.90 Å². The van der Waals surface area contributed by atoms with Crippen molar-refractivity contribution < 1.29 is 9.84 Å². The van der Waals surface area contributed by atoms with Crippen molar-refractivity contribution in [2.24, 2.45) is 0 Å². The minimum absolute atomic E-state index is 0.131. The first kappa shape index (κ1) is 12.3. The first-order valence-corrected chi connectivity index (χ1v) is 6.77. The maximum absolute atomic E-state index is 10.1. The van der Waals surface area contributed by atoms with Crippen LogP contribution in [0, 0.1) is 0 Å². The van der Waals surface area contributed by atoms with Gasteiger partial charge in [0.1, 0.15) is 0 Å². The monoisotopic (exact) mass is 227 g/mol. The molecule has 2 fully saturated rings. The Hall–Kier alpha value is -0.120. The van der Waals surface area contributed by atoms with E-state index in [1.165, 1.54) is 32.1 Å². The highest BCUT2D eigenvalue weighted by Gasteiger charge is 2.27. The summed E-state index contributed by atoms with van der Waals surface area (Å²) in [6.07, 6.45) is 8.50. The van der Waals surface area contributed by atoms with Crippen LogP contribution >= 0.6 is 0 Å². The fourth-order valence-electron chi connectivity index (χ4n) is 3.03. The number of aliphatic hydroxyl groups is 1. The smallest absolute Gasteiger partial charge is 0.0702 e. The highest BCUT2D eigenvalue weighted by molar-refractivity contribution is 4.82. The average molecular weight is 227 g/mol. The zero-order valence-electron chi connectivity index (χ0n) is 10.4. The second kappa shape index (κ2) is 5.99. The highest BCUT2D eigenvalue weighted by Crippen LogP contribution is 2.23. The molecule has 1 saturated carbocycles. The molecule has 3 heteroatoms. The minimum atomic E-state index is -0.131. The Bertz CT molecular complexity index is 204. The van der Waals surface area contributed by atoms with Crippen molar-refractivity contribution in [2.75, 3.05) is 20.2 Å². The molecule has 3 atom stereocenters. The molecular weight excluding hydrogens is 202 g/mol. The lowest BCUT2D eigenvalue weighted by Crippen LogP contribution is -2.44. The van der Waals surface area contributed by atoms with Crippen LogP contribution in [0.15, 0.2) is 0 Å². The van der Waals surface area contributed by atoms with Crippen molar-refractivity contribution in [3.63, 3.8) is 0 Å². The summed E-state index contributed by atoms with van der Waals surface area (Å²) in [6, 6.07) is 0.353. The molecule has 0 radical (unpaired) electrons. The Morgan fingerprint density at radius 2 is 1.94 bits per heavy atom. The van der Waals surface area contributed by atoms with Crippen molar-refractivity contribution in [1.29, 1.82) is 0 Å². The van der Waals surface area contributed by atoms with Gasteiger partial charge < -0.3 is 9.84 Å². The Morgan fingerprint density at radius 1 is 1.12 bits per heavy atom. The van der Waals surface area contributed by atoms with Gasteiger partial charge in [-0.05, 0) is 32.7 Å². The van der Waals surface area contributed by atoms with Gasteiger partial charge in [0, 0.05) is 19.2 Å². The Balaban J connectivity index is 1.83. The van der Waals surface area contributed by atoms with Crippen LogP contribution in [0.5, 0.6) is 0 Å². The first-order chi connectivity index (χ1) is 7.77. The van der Waals surface area contributed by atoms with E-state index in [1.54, 1.807) is 0 Å². The van der Waals surface area contributed by atoms with Gasteiger partial charge in [-0.1, -0.05) is 19.3 Å².